The molecular formula is C10H16O4. The Kier molecular flexibility index (Phi) is 2.00. The Morgan fingerprint density at radius 3 is 2.79 bits per heavy atom. The first-order valence-corrected chi connectivity index (χ1v) is 4.97. The Hall–Kier alpha value is -0.450. The summed E-state index contributed by atoms with van der Waals surface area (Å²) in [6.45, 7) is 3.86. The minimum Gasteiger partial charge on any atom is -0.382 e. The van der Waals surface area contributed by atoms with E-state index in [2.05, 4.69) is 0 Å². The summed E-state index contributed by atoms with van der Waals surface area (Å²) in [6.07, 6.45) is 0.207. The van der Waals surface area contributed by atoms with Crippen molar-refractivity contribution in [2.24, 2.45) is 11.8 Å². The third kappa shape index (κ3) is 1.29. The second-order valence-electron chi connectivity index (χ2n) is 4.82. The lowest BCUT2D eigenvalue weighted by atomic mass is 9.71. The number of hydrogen-bond donors (Lipinski definition) is 2. The molecule has 1 aliphatic heterocycles. The SMILES string of the molecule is CC1CO[C@@]2(O)C[C@](C)(O)C(=O)CC12. The topological polar surface area (TPSA) is 66.8 Å². The van der Waals surface area contributed by atoms with Crippen molar-refractivity contribution in [2.75, 3.05) is 6.61 Å². The van der Waals surface area contributed by atoms with E-state index in [0.717, 1.165) is 0 Å². The molecule has 2 rings (SSSR count). The van der Waals surface area contributed by atoms with Crippen LogP contribution in [0.5, 0.6) is 0 Å². The molecule has 14 heavy (non-hydrogen) atoms. The van der Waals surface area contributed by atoms with Crippen LogP contribution in [0.2, 0.25) is 0 Å². The maximum absolute atomic E-state index is 11.5. The van der Waals surface area contributed by atoms with Gasteiger partial charge in [0.05, 0.1) is 6.61 Å². The highest BCUT2D eigenvalue weighted by Crippen LogP contribution is 2.46. The lowest BCUT2D eigenvalue weighted by Gasteiger charge is -2.40. The highest BCUT2D eigenvalue weighted by atomic mass is 16.6. The van der Waals surface area contributed by atoms with Gasteiger partial charge in [0, 0.05) is 18.8 Å². The van der Waals surface area contributed by atoms with Crippen LogP contribution in [-0.4, -0.2) is 34.0 Å². The van der Waals surface area contributed by atoms with Gasteiger partial charge < -0.3 is 14.9 Å². The molecule has 1 heterocycles. The molecule has 0 aromatic carbocycles. The van der Waals surface area contributed by atoms with E-state index in [0.29, 0.717) is 6.61 Å². The number of fused-ring (bicyclic) bond motifs is 1. The molecular weight excluding hydrogens is 184 g/mol. The molecule has 2 N–H and O–H groups in total. The minimum atomic E-state index is -1.44. The zero-order valence-corrected chi connectivity index (χ0v) is 8.49. The van der Waals surface area contributed by atoms with Gasteiger partial charge in [-0.15, -0.1) is 0 Å². The Morgan fingerprint density at radius 2 is 2.14 bits per heavy atom. The highest BCUT2D eigenvalue weighted by molar-refractivity contribution is 5.88. The molecule has 0 bridgehead atoms. The number of carbonyl (C=O) groups excluding carboxylic acids is 1. The summed E-state index contributed by atoms with van der Waals surface area (Å²) in [4.78, 5) is 11.5. The molecule has 0 amide bonds. The van der Waals surface area contributed by atoms with Crippen molar-refractivity contribution in [3.05, 3.63) is 0 Å². The average Bonchev–Trinajstić information content (AvgIpc) is 2.30. The molecule has 2 fully saturated rings. The molecule has 2 aliphatic rings. The number of Topliss-reactive ketones (excluding diaryl/α,β-unsaturated/α-hetero) is 1. The smallest absolute Gasteiger partial charge is 0.172 e. The van der Waals surface area contributed by atoms with Crippen LogP contribution >= 0.6 is 0 Å². The van der Waals surface area contributed by atoms with Gasteiger partial charge in [-0.2, -0.15) is 0 Å². The van der Waals surface area contributed by atoms with Crippen LogP contribution in [0.1, 0.15) is 26.7 Å². The fourth-order valence-electron chi connectivity index (χ4n) is 2.50. The average molecular weight is 200 g/mol. The van der Waals surface area contributed by atoms with Crippen LogP contribution in [-0.2, 0) is 9.53 Å². The molecule has 1 saturated heterocycles. The second kappa shape index (κ2) is 2.78. The maximum atomic E-state index is 11.5. The summed E-state index contributed by atoms with van der Waals surface area (Å²) in [5.74, 6) is -1.46. The zero-order valence-electron chi connectivity index (χ0n) is 8.49. The lowest BCUT2D eigenvalue weighted by molar-refractivity contribution is -0.236. The van der Waals surface area contributed by atoms with Crippen molar-refractivity contribution < 1.29 is 19.7 Å². The molecule has 0 aromatic rings. The zero-order chi connectivity index (χ0) is 10.6. The number of rotatable bonds is 0. The van der Waals surface area contributed by atoms with Gasteiger partial charge in [0.25, 0.3) is 0 Å². The Labute approximate surface area is 82.9 Å². The molecule has 0 spiro atoms. The molecule has 4 heteroatoms. The predicted octanol–water partition coefficient (Wildman–Crippen LogP) is 0.0714. The Balaban J connectivity index is 2.27. The van der Waals surface area contributed by atoms with E-state index >= 15 is 0 Å². The van der Waals surface area contributed by atoms with Crippen molar-refractivity contribution in [3.63, 3.8) is 0 Å². The van der Waals surface area contributed by atoms with Crippen molar-refractivity contribution in [1.29, 1.82) is 0 Å². The lowest BCUT2D eigenvalue weighted by Crippen LogP contribution is -2.54. The van der Waals surface area contributed by atoms with Crippen molar-refractivity contribution in [3.8, 4) is 0 Å². The maximum Gasteiger partial charge on any atom is 0.172 e. The number of aliphatic hydroxyl groups is 2. The van der Waals surface area contributed by atoms with Gasteiger partial charge in [0.2, 0.25) is 0 Å². The second-order valence-corrected chi connectivity index (χ2v) is 4.82. The molecule has 4 nitrogen and oxygen atoms in total. The fraction of sp³-hybridized carbons (Fsp3) is 0.900. The minimum absolute atomic E-state index is 0.00611. The third-order valence-electron chi connectivity index (χ3n) is 3.47. The normalized spacial score (nSPS) is 53.3. The fourth-order valence-corrected chi connectivity index (χ4v) is 2.50. The molecule has 80 valence electrons. The number of ketones is 1. The summed E-state index contributed by atoms with van der Waals surface area (Å²) < 4.78 is 5.28. The van der Waals surface area contributed by atoms with Crippen LogP contribution in [0, 0.1) is 11.8 Å². The van der Waals surface area contributed by atoms with Gasteiger partial charge in [-0.05, 0) is 12.8 Å². The van der Waals surface area contributed by atoms with Gasteiger partial charge in [0.15, 0.2) is 11.6 Å². The summed E-state index contributed by atoms with van der Waals surface area (Å²) in [5, 5.41) is 19.9. The summed E-state index contributed by atoms with van der Waals surface area (Å²) in [7, 11) is 0. The summed E-state index contributed by atoms with van der Waals surface area (Å²) >= 11 is 0. The monoisotopic (exact) mass is 200 g/mol. The molecule has 4 atom stereocenters. The molecule has 2 unspecified atom stereocenters. The number of ether oxygens (including phenoxy) is 1. The Morgan fingerprint density at radius 1 is 1.50 bits per heavy atom. The first-order chi connectivity index (χ1) is 6.35. The first kappa shape index (κ1) is 10.1. The van der Waals surface area contributed by atoms with Gasteiger partial charge in [-0.3, -0.25) is 4.79 Å². The van der Waals surface area contributed by atoms with E-state index in [1.165, 1.54) is 6.92 Å². The molecule has 0 radical (unpaired) electrons. The van der Waals surface area contributed by atoms with Crippen molar-refractivity contribution >= 4 is 5.78 Å². The Bertz CT molecular complexity index is 273. The van der Waals surface area contributed by atoms with Crippen LogP contribution in [0.4, 0.5) is 0 Å². The van der Waals surface area contributed by atoms with Gasteiger partial charge in [0.1, 0.15) is 5.60 Å². The van der Waals surface area contributed by atoms with Gasteiger partial charge in [-0.1, -0.05) is 6.92 Å². The predicted molar refractivity (Wildman–Crippen MR) is 48.4 cm³/mol. The van der Waals surface area contributed by atoms with E-state index in [4.69, 9.17) is 4.74 Å². The first-order valence-electron chi connectivity index (χ1n) is 4.97. The standard InChI is InChI=1S/C10H16O4/c1-6-4-14-10(13)5-9(2,12)8(11)3-7(6)10/h6-7,12-13H,3-5H2,1-2H3/t6?,7?,9-,10-/m0/s1. The highest BCUT2D eigenvalue weighted by Gasteiger charge is 2.57. The van der Waals surface area contributed by atoms with Crippen molar-refractivity contribution in [2.45, 2.75) is 38.1 Å². The molecule has 0 aromatic heterocycles. The quantitative estimate of drug-likeness (QED) is 0.580. The summed E-state index contributed by atoms with van der Waals surface area (Å²) in [5.41, 5.74) is -1.44. The van der Waals surface area contributed by atoms with E-state index in [-0.39, 0.29) is 30.5 Å². The summed E-state index contributed by atoms with van der Waals surface area (Å²) in [6, 6.07) is 0. The number of hydrogen-bond acceptors (Lipinski definition) is 4. The molecule has 1 saturated carbocycles. The van der Waals surface area contributed by atoms with Crippen LogP contribution in [0.15, 0.2) is 0 Å². The van der Waals surface area contributed by atoms with Crippen LogP contribution in [0.25, 0.3) is 0 Å². The third-order valence-corrected chi connectivity index (χ3v) is 3.47. The molecule has 1 aliphatic carbocycles. The largest absolute Gasteiger partial charge is 0.382 e. The van der Waals surface area contributed by atoms with E-state index in [9.17, 15) is 15.0 Å². The van der Waals surface area contributed by atoms with E-state index in [1.807, 2.05) is 6.92 Å². The van der Waals surface area contributed by atoms with E-state index < -0.39 is 11.4 Å². The van der Waals surface area contributed by atoms with Gasteiger partial charge in [-0.25, -0.2) is 0 Å². The van der Waals surface area contributed by atoms with Crippen LogP contribution in [0.3, 0.4) is 0 Å². The van der Waals surface area contributed by atoms with Gasteiger partial charge >= 0.3 is 0 Å². The number of carbonyl (C=O) groups is 1. The van der Waals surface area contributed by atoms with E-state index in [1.54, 1.807) is 0 Å². The van der Waals surface area contributed by atoms with Crippen molar-refractivity contribution in [1.82, 2.24) is 0 Å². The van der Waals surface area contributed by atoms with Crippen LogP contribution < -0.4 is 0 Å².